The number of benzene rings is 1. The molecule has 0 aliphatic heterocycles. The van der Waals surface area contributed by atoms with Crippen molar-refractivity contribution in [3.05, 3.63) is 47.8 Å². The molecule has 2 rings (SSSR count). The van der Waals surface area contributed by atoms with Gasteiger partial charge < -0.3 is 15.2 Å². The molecule has 0 unspecified atom stereocenters. The van der Waals surface area contributed by atoms with E-state index in [1.54, 1.807) is 31.5 Å². The van der Waals surface area contributed by atoms with Crippen molar-refractivity contribution in [2.45, 2.75) is 13.5 Å². The smallest absolute Gasteiger partial charge is 0.162 e. The molecule has 0 atom stereocenters. The van der Waals surface area contributed by atoms with Gasteiger partial charge in [-0.1, -0.05) is 6.07 Å². The van der Waals surface area contributed by atoms with Crippen molar-refractivity contribution in [1.29, 1.82) is 0 Å². The van der Waals surface area contributed by atoms with E-state index in [0.29, 0.717) is 23.8 Å². The minimum Gasteiger partial charge on any atom is -0.493 e. The number of ether oxygens (including phenoxy) is 2. The lowest BCUT2D eigenvalue weighted by molar-refractivity contribution is 0.280. The third-order valence-electron chi connectivity index (χ3n) is 2.67. The summed E-state index contributed by atoms with van der Waals surface area (Å²) in [4.78, 5) is 4.28. The Morgan fingerprint density at radius 3 is 2.78 bits per heavy atom. The Hall–Kier alpha value is -2.23. The average Bonchev–Trinajstić information content (AvgIpc) is 2.39. The molecule has 0 fully saturated rings. The van der Waals surface area contributed by atoms with Gasteiger partial charge in [0.15, 0.2) is 11.5 Å². The molecule has 18 heavy (non-hydrogen) atoms. The van der Waals surface area contributed by atoms with E-state index < -0.39 is 0 Å². The monoisotopic (exact) mass is 244 g/mol. The van der Waals surface area contributed by atoms with Crippen LogP contribution in [0.15, 0.2) is 36.5 Å². The SMILES string of the molecule is COc1cc(N)ccc1OCc1ncccc1C. The van der Waals surface area contributed by atoms with Crippen LogP contribution in [0.3, 0.4) is 0 Å². The first-order valence-corrected chi connectivity index (χ1v) is 5.67. The van der Waals surface area contributed by atoms with Gasteiger partial charge in [-0.15, -0.1) is 0 Å². The molecular weight excluding hydrogens is 228 g/mol. The summed E-state index contributed by atoms with van der Waals surface area (Å²) in [5, 5.41) is 0. The van der Waals surface area contributed by atoms with Crippen molar-refractivity contribution < 1.29 is 9.47 Å². The van der Waals surface area contributed by atoms with Gasteiger partial charge in [0.05, 0.1) is 12.8 Å². The Bertz CT molecular complexity index is 541. The van der Waals surface area contributed by atoms with Crippen LogP contribution in [0.1, 0.15) is 11.3 Å². The molecule has 1 aromatic carbocycles. The van der Waals surface area contributed by atoms with Crippen molar-refractivity contribution >= 4 is 5.69 Å². The van der Waals surface area contributed by atoms with Gasteiger partial charge in [0, 0.05) is 18.0 Å². The van der Waals surface area contributed by atoms with Crippen molar-refractivity contribution in [3.8, 4) is 11.5 Å². The second kappa shape index (κ2) is 5.40. The summed E-state index contributed by atoms with van der Waals surface area (Å²) in [7, 11) is 1.59. The number of aryl methyl sites for hydroxylation is 1. The average molecular weight is 244 g/mol. The summed E-state index contributed by atoms with van der Waals surface area (Å²) in [5.41, 5.74) is 8.35. The molecule has 1 aromatic heterocycles. The first-order chi connectivity index (χ1) is 8.70. The minimum atomic E-state index is 0.410. The first-order valence-electron chi connectivity index (χ1n) is 5.67. The maximum absolute atomic E-state index is 5.71. The van der Waals surface area contributed by atoms with Crippen LogP contribution >= 0.6 is 0 Å². The van der Waals surface area contributed by atoms with E-state index >= 15 is 0 Å². The minimum absolute atomic E-state index is 0.410. The zero-order valence-corrected chi connectivity index (χ0v) is 10.5. The molecule has 0 aliphatic carbocycles. The third-order valence-corrected chi connectivity index (χ3v) is 2.67. The Morgan fingerprint density at radius 1 is 1.22 bits per heavy atom. The van der Waals surface area contributed by atoms with E-state index in [0.717, 1.165) is 11.3 Å². The second-order valence-corrected chi connectivity index (χ2v) is 3.97. The van der Waals surface area contributed by atoms with E-state index in [4.69, 9.17) is 15.2 Å². The van der Waals surface area contributed by atoms with Gasteiger partial charge in [-0.3, -0.25) is 4.98 Å². The number of nitrogen functional groups attached to an aromatic ring is 1. The standard InChI is InChI=1S/C14H16N2O2/c1-10-4-3-7-16-12(10)9-18-13-6-5-11(15)8-14(13)17-2/h3-8H,9,15H2,1-2H3. The van der Waals surface area contributed by atoms with Gasteiger partial charge in [0.25, 0.3) is 0 Å². The lowest BCUT2D eigenvalue weighted by atomic mass is 10.2. The van der Waals surface area contributed by atoms with E-state index in [1.807, 2.05) is 19.1 Å². The van der Waals surface area contributed by atoms with Gasteiger partial charge in [-0.25, -0.2) is 0 Å². The highest BCUT2D eigenvalue weighted by Crippen LogP contribution is 2.29. The summed E-state index contributed by atoms with van der Waals surface area (Å²) in [5.74, 6) is 1.29. The zero-order valence-electron chi connectivity index (χ0n) is 10.5. The van der Waals surface area contributed by atoms with Crippen LogP contribution in [0.2, 0.25) is 0 Å². The van der Waals surface area contributed by atoms with E-state index in [1.165, 1.54) is 0 Å². The second-order valence-electron chi connectivity index (χ2n) is 3.97. The zero-order chi connectivity index (χ0) is 13.0. The van der Waals surface area contributed by atoms with Gasteiger partial charge in [-0.05, 0) is 30.7 Å². The highest BCUT2D eigenvalue weighted by molar-refractivity contribution is 5.51. The Balaban J connectivity index is 2.13. The predicted octanol–water partition coefficient (Wildman–Crippen LogP) is 2.56. The van der Waals surface area contributed by atoms with Crippen LogP contribution in [-0.4, -0.2) is 12.1 Å². The molecule has 4 heteroatoms. The Kier molecular flexibility index (Phi) is 3.67. The summed E-state index contributed by atoms with van der Waals surface area (Å²) in [6, 6.07) is 9.23. The molecule has 0 saturated heterocycles. The van der Waals surface area contributed by atoms with Crippen molar-refractivity contribution in [2.75, 3.05) is 12.8 Å². The number of nitrogens with two attached hydrogens (primary N) is 1. The number of pyridine rings is 1. The van der Waals surface area contributed by atoms with Crippen LogP contribution in [-0.2, 0) is 6.61 Å². The molecule has 0 amide bonds. The van der Waals surface area contributed by atoms with Crippen molar-refractivity contribution in [3.63, 3.8) is 0 Å². The number of nitrogens with zero attached hydrogens (tertiary/aromatic N) is 1. The maximum atomic E-state index is 5.71. The number of methoxy groups -OCH3 is 1. The molecule has 0 saturated carbocycles. The molecular formula is C14H16N2O2. The lowest BCUT2D eigenvalue weighted by Gasteiger charge is -2.11. The topological polar surface area (TPSA) is 57.4 Å². The van der Waals surface area contributed by atoms with Crippen LogP contribution in [0.4, 0.5) is 5.69 Å². The summed E-state index contributed by atoms with van der Waals surface area (Å²) in [6.07, 6.45) is 1.76. The molecule has 0 spiro atoms. The third kappa shape index (κ3) is 2.71. The lowest BCUT2D eigenvalue weighted by Crippen LogP contribution is -2.02. The molecule has 94 valence electrons. The number of aromatic nitrogens is 1. The van der Waals surface area contributed by atoms with Crippen LogP contribution in [0.25, 0.3) is 0 Å². The molecule has 0 radical (unpaired) electrons. The van der Waals surface area contributed by atoms with Gasteiger partial charge in [0.2, 0.25) is 0 Å². The van der Waals surface area contributed by atoms with Crippen LogP contribution in [0.5, 0.6) is 11.5 Å². The Morgan fingerprint density at radius 2 is 2.06 bits per heavy atom. The highest BCUT2D eigenvalue weighted by Gasteiger charge is 2.06. The molecule has 2 aromatic rings. The number of rotatable bonds is 4. The molecule has 1 heterocycles. The first kappa shape index (κ1) is 12.2. The quantitative estimate of drug-likeness (QED) is 0.840. The summed E-state index contributed by atoms with van der Waals surface area (Å²) in [6.45, 7) is 2.42. The van der Waals surface area contributed by atoms with Gasteiger partial charge in [-0.2, -0.15) is 0 Å². The normalized spacial score (nSPS) is 10.1. The number of hydrogen-bond acceptors (Lipinski definition) is 4. The fourth-order valence-electron chi connectivity index (χ4n) is 1.62. The van der Waals surface area contributed by atoms with Crippen LogP contribution < -0.4 is 15.2 Å². The van der Waals surface area contributed by atoms with Gasteiger partial charge >= 0.3 is 0 Å². The highest BCUT2D eigenvalue weighted by atomic mass is 16.5. The molecule has 4 nitrogen and oxygen atoms in total. The van der Waals surface area contributed by atoms with Crippen molar-refractivity contribution in [2.24, 2.45) is 0 Å². The van der Waals surface area contributed by atoms with E-state index in [2.05, 4.69) is 4.98 Å². The summed E-state index contributed by atoms with van der Waals surface area (Å²) < 4.78 is 10.9. The number of anilines is 1. The molecule has 2 N–H and O–H groups in total. The van der Waals surface area contributed by atoms with Crippen molar-refractivity contribution in [1.82, 2.24) is 4.98 Å². The van der Waals surface area contributed by atoms with Crippen LogP contribution in [0, 0.1) is 6.92 Å². The predicted molar refractivity (Wildman–Crippen MR) is 70.7 cm³/mol. The number of hydrogen-bond donors (Lipinski definition) is 1. The largest absolute Gasteiger partial charge is 0.493 e. The van der Waals surface area contributed by atoms with Gasteiger partial charge in [0.1, 0.15) is 6.61 Å². The van der Waals surface area contributed by atoms with E-state index in [9.17, 15) is 0 Å². The molecule has 0 bridgehead atoms. The fourth-order valence-corrected chi connectivity index (χ4v) is 1.62. The van der Waals surface area contributed by atoms with E-state index in [-0.39, 0.29) is 0 Å². The Labute approximate surface area is 106 Å². The fraction of sp³-hybridized carbons (Fsp3) is 0.214. The maximum Gasteiger partial charge on any atom is 0.162 e. The summed E-state index contributed by atoms with van der Waals surface area (Å²) >= 11 is 0. The molecule has 0 aliphatic rings.